The first-order chi connectivity index (χ1) is 9.22. The number of hydrogen-bond acceptors (Lipinski definition) is 4. The molecule has 0 aromatic carbocycles. The lowest BCUT2D eigenvalue weighted by Gasteiger charge is -2.32. The maximum absolute atomic E-state index is 5.41. The van der Waals surface area contributed by atoms with Crippen molar-refractivity contribution in [2.45, 2.75) is 38.8 Å². The zero-order chi connectivity index (χ0) is 13.7. The molecule has 1 aliphatic rings. The van der Waals surface area contributed by atoms with Crippen molar-refractivity contribution in [2.24, 2.45) is 0 Å². The molecule has 1 atom stereocenters. The molecule has 1 aliphatic heterocycles. The Morgan fingerprint density at radius 2 is 2.16 bits per heavy atom. The molecular formula is C15H25N3O. The first-order valence-corrected chi connectivity index (χ1v) is 7.22. The van der Waals surface area contributed by atoms with Crippen LogP contribution in [-0.2, 0) is 4.74 Å². The van der Waals surface area contributed by atoms with Crippen molar-refractivity contribution >= 4 is 5.69 Å². The molecule has 1 aromatic rings. The van der Waals surface area contributed by atoms with Gasteiger partial charge in [0.25, 0.3) is 0 Å². The Morgan fingerprint density at radius 3 is 2.74 bits per heavy atom. The van der Waals surface area contributed by atoms with E-state index in [1.165, 1.54) is 5.69 Å². The Balaban J connectivity index is 2.00. The summed E-state index contributed by atoms with van der Waals surface area (Å²) in [5.41, 5.74) is 2.30. The number of pyridine rings is 1. The van der Waals surface area contributed by atoms with Crippen LogP contribution >= 0.6 is 0 Å². The number of rotatable bonds is 5. The van der Waals surface area contributed by atoms with Crippen LogP contribution in [0.4, 0.5) is 5.69 Å². The third-order valence-electron chi connectivity index (χ3n) is 3.87. The van der Waals surface area contributed by atoms with Gasteiger partial charge in [0.15, 0.2) is 0 Å². The molecule has 4 nitrogen and oxygen atoms in total. The van der Waals surface area contributed by atoms with Gasteiger partial charge in [0, 0.05) is 32.3 Å². The lowest BCUT2D eigenvalue weighted by molar-refractivity contribution is 0.0855. The summed E-state index contributed by atoms with van der Waals surface area (Å²) in [5.74, 6) is 0. The van der Waals surface area contributed by atoms with Crippen LogP contribution in [-0.4, -0.2) is 37.8 Å². The summed E-state index contributed by atoms with van der Waals surface area (Å²) in [7, 11) is 2.15. The lowest BCUT2D eigenvalue weighted by Crippen LogP contribution is -2.36. The van der Waals surface area contributed by atoms with E-state index in [0.29, 0.717) is 12.1 Å². The first kappa shape index (κ1) is 14.3. The normalized spacial score (nSPS) is 18.3. The predicted molar refractivity (Wildman–Crippen MR) is 78.6 cm³/mol. The first-order valence-electron chi connectivity index (χ1n) is 7.22. The second-order valence-electron chi connectivity index (χ2n) is 5.18. The Bertz CT molecular complexity index is 373. The molecule has 0 spiro atoms. The van der Waals surface area contributed by atoms with E-state index in [-0.39, 0.29) is 0 Å². The molecular weight excluding hydrogens is 238 g/mol. The average molecular weight is 263 g/mol. The molecule has 0 amide bonds. The molecule has 1 fully saturated rings. The highest BCUT2D eigenvalue weighted by Gasteiger charge is 2.19. The quantitative estimate of drug-likeness (QED) is 0.885. The van der Waals surface area contributed by atoms with Crippen molar-refractivity contribution in [1.82, 2.24) is 10.3 Å². The van der Waals surface area contributed by atoms with Crippen molar-refractivity contribution < 1.29 is 4.74 Å². The van der Waals surface area contributed by atoms with Crippen LogP contribution < -0.4 is 10.2 Å². The van der Waals surface area contributed by atoms with E-state index in [4.69, 9.17) is 4.74 Å². The standard InChI is InChI=1S/C15H25N3O/c1-4-16-12(2)15-6-5-14(11-17-15)18(3)13-7-9-19-10-8-13/h5-6,11-13,16H,4,7-10H2,1-3H3. The van der Waals surface area contributed by atoms with Gasteiger partial charge in [0.1, 0.15) is 0 Å². The third kappa shape index (κ3) is 3.67. The fourth-order valence-corrected chi connectivity index (χ4v) is 2.56. The summed E-state index contributed by atoms with van der Waals surface area (Å²) in [6.45, 7) is 6.97. The zero-order valence-electron chi connectivity index (χ0n) is 12.2. The van der Waals surface area contributed by atoms with Gasteiger partial charge in [-0.05, 0) is 38.4 Å². The highest BCUT2D eigenvalue weighted by molar-refractivity contribution is 5.45. The van der Waals surface area contributed by atoms with Gasteiger partial charge in [-0.15, -0.1) is 0 Å². The summed E-state index contributed by atoms with van der Waals surface area (Å²) in [4.78, 5) is 6.91. The summed E-state index contributed by atoms with van der Waals surface area (Å²) in [6.07, 6.45) is 4.19. The van der Waals surface area contributed by atoms with E-state index >= 15 is 0 Å². The van der Waals surface area contributed by atoms with Crippen molar-refractivity contribution in [1.29, 1.82) is 0 Å². The Labute approximate surface area is 116 Å². The second kappa shape index (κ2) is 6.87. The smallest absolute Gasteiger partial charge is 0.0572 e. The lowest BCUT2D eigenvalue weighted by atomic mass is 10.1. The Hall–Kier alpha value is -1.13. The second-order valence-corrected chi connectivity index (χ2v) is 5.18. The number of nitrogens with one attached hydrogen (secondary N) is 1. The van der Waals surface area contributed by atoms with Crippen molar-refractivity contribution in [3.8, 4) is 0 Å². The number of anilines is 1. The molecule has 2 rings (SSSR count). The van der Waals surface area contributed by atoms with Crippen molar-refractivity contribution in [2.75, 3.05) is 31.7 Å². The molecule has 0 aliphatic carbocycles. The summed E-state index contributed by atoms with van der Waals surface area (Å²) in [6, 6.07) is 5.18. The minimum Gasteiger partial charge on any atom is -0.381 e. The maximum atomic E-state index is 5.41. The highest BCUT2D eigenvalue weighted by atomic mass is 16.5. The number of ether oxygens (including phenoxy) is 1. The minimum atomic E-state index is 0.312. The van der Waals surface area contributed by atoms with Crippen molar-refractivity contribution in [3.63, 3.8) is 0 Å². The van der Waals surface area contributed by atoms with Gasteiger partial charge >= 0.3 is 0 Å². The van der Waals surface area contributed by atoms with Gasteiger partial charge in [-0.1, -0.05) is 6.92 Å². The van der Waals surface area contributed by atoms with Crippen LogP contribution in [0, 0.1) is 0 Å². The predicted octanol–water partition coefficient (Wildman–Crippen LogP) is 2.37. The molecule has 0 saturated carbocycles. The minimum absolute atomic E-state index is 0.312. The molecule has 2 heterocycles. The van der Waals surface area contributed by atoms with Crippen molar-refractivity contribution in [3.05, 3.63) is 24.0 Å². The molecule has 1 unspecified atom stereocenters. The van der Waals surface area contributed by atoms with Gasteiger partial charge < -0.3 is 15.0 Å². The van der Waals surface area contributed by atoms with Crippen LogP contribution in [0.3, 0.4) is 0 Å². The van der Waals surface area contributed by atoms with E-state index in [1.807, 2.05) is 6.20 Å². The largest absolute Gasteiger partial charge is 0.381 e. The fourth-order valence-electron chi connectivity index (χ4n) is 2.56. The van der Waals surface area contributed by atoms with Crippen LogP contribution in [0.25, 0.3) is 0 Å². The van der Waals surface area contributed by atoms with Gasteiger partial charge in [-0.3, -0.25) is 4.98 Å². The number of hydrogen-bond donors (Lipinski definition) is 1. The third-order valence-corrected chi connectivity index (χ3v) is 3.87. The number of aromatic nitrogens is 1. The van der Waals surface area contributed by atoms with Gasteiger partial charge in [0.05, 0.1) is 17.6 Å². The molecule has 106 valence electrons. The topological polar surface area (TPSA) is 37.4 Å². The molecule has 4 heteroatoms. The van der Waals surface area contributed by atoms with E-state index in [9.17, 15) is 0 Å². The van der Waals surface area contributed by atoms with Gasteiger partial charge in [-0.2, -0.15) is 0 Å². The average Bonchev–Trinajstić information content (AvgIpc) is 2.48. The van der Waals surface area contributed by atoms with E-state index in [1.54, 1.807) is 0 Å². The van der Waals surface area contributed by atoms with Gasteiger partial charge in [0.2, 0.25) is 0 Å². The van der Waals surface area contributed by atoms with Crippen LogP contribution in [0.5, 0.6) is 0 Å². The zero-order valence-corrected chi connectivity index (χ0v) is 12.2. The molecule has 1 N–H and O–H groups in total. The number of nitrogens with zero attached hydrogens (tertiary/aromatic N) is 2. The SMILES string of the molecule is CCNC(C)c1ccc(N(C)C2CCOCC2)cn1. The monoisotopic (exact) mass is 263 g/mol. The highest BCUT2D eigenvalue weighted by Crippen LogP contribution is 2.21. The van der Waals surface area contributed by atoms with Crippen LogP contribution in [0.1, 0.15) is 38.4 Å². The molecule has 1 aromatic heterocycles. The molecule has 1 saturated heterocycles. The summed E-state index contributed by atoms with van der Waals surface area (Å²) < 4.78 is 5.41. The van der Waals surface area contributed by atoms with E-state index in [2.05, 4.69) is 48.2 Å². The molecule has 0 radical (unpaired) electrons. The van der Waals surface area contributed by atoms with Crippen LogP contribution in [0.15, 0.2) is 18.3 Å². The summed E-state index contributed by atoms with van der Waals surface area (Å²) >= 11 is 0. The summed E-state index contributed by atoms with van der Waals surface area (Å²) in [5, 5.41) is 3.38. The maximum Gasteiger partial charge on any atom is 0.0572 e. The molecule has 0 bridgehead atoms. The Kier molecular flexibility index (Phi) is 5.16. The van der Waals surface area contributed by atoms with E-state index < -0.39 is 0 Å². The Morgan fingerprint density at radius 1 is 1.42 bits per heavy atom. The van der Waals surface area contributed by atoms with Gasteiger partial charge in [-0.25, -0.2) is 0 Å². The van der Waals surface area contributed by atoms with Crippen LogP contribution in [0.2, 0.25) is 0 Å². The molecule has 19 heavy (non-hydrogen) atoms. The fraction of sp³-hybridized carbons (Fsp3) is 0.667. The van der Waals surface area contributed by atoms with E-state index in [0.717, 1.165) is 38.3 Å².